The summed E-state index contributed by atoms with van der Waals surface area (Å²) in [6.45, 7) is 3.55. The van der Waals surface area contributed by atoms with Gasteiger partial charge in [-0.3, -0.25) is 9.69 Å². The van der Waals surface area contributed by atoms with Crippen molar-refractivity contribution in [1.82, 2.24) is 4.90 Å². The average Bonchev–Trinajstić information content (AvgIpc) is 2.76. The van der Waals surface area contributed by atoms with Crippen molar-refractivity contribution < 1.29 is 14.6 Å². The highest BCUT2D eigenvalue weighted by Gasteiger charge is 2.33. The first-order valence-corrected chi connectivity index (χ1v) is 8.79. The normalized spacial score (nSPS) is 19.2. The predicted molar refractivity (Wildman–Crippen MR) is 96.4 cm³/mol. The van der Waals surface area contributed by atoms with Gasteiger partial charge in [0.15, 0.2) is 5.75 Å². The molecule has 0 spiro atoms. The number of aliphatic carboxylic acids is 1. The van der Waals surface area contributed by atoms with Crippen LogP contribution in [-0.2, 0) is 4.79 Å². The number of hydrogen-bond acceptors (Lipinski definition) is 4. The fourth-order valence-corrected chi connectivity index (χ4v) is 3.80. The third-order valence-electron chi connectivity index (χ3n) is 5.00. The van der Waals surface area contributed by atoms with Gasteiger partial charge in [-0.05, 0) is 31.2 Å². The summed E-state index contributed by atoms with van der Waals surface area (Å²) in [7, 11) is 0. The Bertz CT molecular complexity index is 777. The molecule has 25 heavy (non-hydrogen) atoms. The van der Waals surface area contributed by atoms with E-state index < -0.39 is 5.97 Å². The summed E-state index contributed by atoms with van der Waals surface area (Å²) < 4.78 is 6.20. The molecule has 1 N–H and O–H groups in total. The third kappa shape index (κ3) is 3.20. The first-order valence-electron chi connectivity index (χ1n) is 8.79. The lowest BCUT2D eigenvalue weighted by Crippen LogP contribution is -2.48. The monoisotopic (exact) mass is 338 g/mol. The van der Waals surface area contributed by atoms with E-state index in [1.807, 2.05) is 24.3 Å². The smallest absolute Gasteiger partial charge is 0.303 e. The minimum atomic E-state index is -0.722. The number of anilines is 1. The van der Waals surface area contributed by atoms with Gasteiger partial charge >= 0.3 is 5.97 Å². The number of rotatable bonds is 4. The van der Waals surface area contributed by atoms with E-state index in [0.717, 1.165) is 43.4 Å². The molecule has 0 aliphatic carbocycles. The van der Waals surface area contributed by atoms with Crippen LogP contribution in [0.4, 0.5) is 5.69 Å². The molecule has 0 saturated carbocycles. The molecule has 1 unspecified atom stereocenters. The fourth-order valence-electron chi connectivity index (χ4n) is 3.80. The van der Waals surface area contributed by atoms with Gasteiger partial charge in [0.1, 0.15) is 5.75 Å². The number of carboxylic acid groups (broad SMARTS) is 1. The molecule has 1 saturated heterocycles. The van der Waals surface area contributed by atoms with Gasteiger partial charge in [-0.1, -0.05) is 30.3 Å². The Morgan fingerprint density at radius 2 is 1.84 bits per heavy atom. The highest BCUT2D eigenvalue weighted by Crippen LogP contribution is 2.45. The van der Waals surface area contributed by atoms with Crippen molar-refractivity contribution in [2.75, 3.05) is 31.1 Å². The fraction of sp³-hybridized carbons (Fsp3) is 0.350. The van der Waals surface area contributed by atoms with E-state index in [9.17, 15) is 4.79 Å². The molecule has 2 aliphatic heterocycles. The maximum Gasteiger partial charge on any atom is 0.303 e. The average molecular weight is 338 g/mol. The topological polar surface area (TPSA) is 53.0 Å². The van der Waals surface area contributed by atoms with Crippen molar-refractivity contribution in [2.24, 2.45) is 0 Å². The second kappa shape index (κ2) is 6.76. The summed E-state index contributed by atoms with van der Waals surface area (Å²) >= 11 is 0. The number of piperazine rings is 1. The second-order valence-electron chi connectivity index (χ2n) is 6.61. The lowest BCUT2D eigenvalue weighted by molar-refractivity contribution is -0.137. The number of ether oxygens (including phenoxy) is 1. The van der Waals surface area contributed by atoms with E-state index >= 15 is 0 Å². The van der Waals surface area contributed by atoms with Crippen molar-refractivity contribution >= 4 is 11.7 Å². The molecule has 130 valence electrons. The van der Waals surface area contributed by atoms with Crippen molar-refractivity contribution in [3.8, 4) is 11.5 Å². The zero-order valence-electron chi connectivity index (χ0n) is 14.1. The number of fused-ring (bicyclic) bond motifs is 5. The van der Waals surface area contributed by atoms with Gasteiger partial charge in [0, 0.05) is 31.6 Å². The van der Waals surface area contributed by atoms with Crippen molar-refractivity contribution in [3.63, 3.8) is 0 Å². The molecule has 0 aromatic heterocycles. The minimum absolute atomic E-state index is 0.221. The Balaban J connectivity index is 1.62. The molecule has 2 heterocycles. The largest absolute Gasteiger partial charge is 0.481 e. The van der Waals surface area contributed by atoms with Gasteiger partial charge < -0.3 is 14.7 Å². The standard InChI is InChI=1S/C20H22N2O3/c23-20(24)10-5-11-21-12-13-22-16-7-2-4-9-19(16)25-18-8-3-1-6-15(18)17(22)14-21/h1-4,6-9,17H,5,10-14H2,(H,23,24). The van der Waals surface area contributed by atoms with Gasteiger partial charge in [-0.2, -0.15) is 0 Å². The second-order valence-corrected chi connectivity index (χ2v) is 6.61. The van der Waals surface area contributed by atoms with Crippen molar-refractivity contribution in [3.05, 3.63) is 54.1 Å². The molecule has 0 bridgehead atoms. The molecular formula is C20H22N2O3. The Labute approximate surface area is 147 Å². The summed E-state index contributed by atoms with van der Waals surface area (Å²) in [6.07, 6.45) is 0.921. The van der Waals surface area contributed by atoms with Crippen LogP contribution in [0.15, 0.2) is 48.5 Å². The highest BCUT2D eigenvalue weighted by molar-refractivity contribution is 5.66. The molecule has 0 radical (unpaired) electrons. The first-order chi connectivity index (χ1) is 12.2. The van der Waals surface area contributed by atoms with E-state index in [0.29, 0.717) is 6.42 Å². The summed E-state index contributed by atoms with van der Waals surface area (Å²) in [5, 5.41) is 8.86. The highest BCUT2D eigenvalue weighted by atomic mass is 16.5. The van der Waals surface area contributed by atoms with E-state index in [-0.39, 0.29) is 12.5 Å². The lowest BCUT2D eigenvalue weighted by Gasteiger charge is -2.42. The minimum Gasteiger partial charge on any atom is -0.481 e. The summed E-state index contributed by atoms with van der Waals surface area (Å²) in [5.41, 5.74) is 2.33. The van der Waals surface area contributed by atoms with Gasteiger partial charge in [0.2, 0.25) is 0 Å². The zero-order valence-corrected chi connectivity index (χ0v) is 14.1. The van der Waals surface area contributed by atoms with Gasteiger partial charge in [0.25, 0.3) is 0 Å². The van der Waals surface area contributed by atoms with Gasteiger partial charge in [-0.25, -0.2) is 0 Å². The SMILES string of the molecule is O=C(O)CCCN1CCN2c3ccccc3Oc3ccccc3C2C1. The van der Waals surface area contributed by atoms with Gasteiger partial charge in [-0.15, -0.1) is 0 Å². The number of hydrogen-bond donors (Lipinski definition) is 1. The van der Waals surface area contributed by atoms with Crippen molar-refractivity contribution in [1.29, 1.82) is 0 Å². The molecule has 2 aromatic carbocycles. The van der Waals surface area contributed by atoms with Crippen LogP contribution in [0.5, 0.6) is 11.5 Å². The number of carboxylic acids is 1. The summed E-state index contributed by atoms with van der Waals surface area (Å²) in [6, 6.07) is 16.6. The molecule has 1 fully saturated rings. The number of benzene rings is 2. The van der Waals surface area contributed by atoms with Crippen LogP contribution in [0.3, 0.4) is 0 Å². The maximum absolute atomic E-state index is 10.8. The lowest BCUT2D eigenvalue weighted by atomic mass is 10.0. The van der Waals surface area contributed by atoms with Crippen LogP contribution in [-0.4, -0.2) is 42.2 Å². The van der Waals surface area contributed by atoms with E-state index in [1.54, 1.807) is 0 Å². The quantitative estimate of drug-likeness (QED) is 0.924. The molecule has 5 heteroatoms. The molecule has 2 aliphatic rings. The van der Waals surface area contributed by atoms with E-state index in [4.69, 9.17) is 9.84 Å². The van der Waals surface area contributed by atoms with Crippen LogP contribution in [0.2, 0.25) is 0 Å². The van der Waals surface area contributed by atoms with E-state index in [2.05, 4.69) is 34.1 Å². The molecule has 4 rings (SSSR count). The Hall–Kier alpha value is -2.53. The molecule has 0 amide bonds. The number of carbonyl (C=O) groups is 1. The number of nitrogens with zero attached hydrogens (tertiary/aromatic N) is 2. The Morgan fingerprint density at radius 3 is 2.68 bits per heavy atom. The van der Waals surface area contributed by atoms with Crippen LogP contribution in [0.1, 0.15) is 24.4 Å². The van der Waals surface area contributed by atoms with E-state index in [1.165, 1.54) is 5.56 Å². The maximum atomic E-state index is 10.8. The zero-order chi connectivity index (χ0) is 17.2. The van der Waals surface area contributed by atoms with Crippen LogP contribution >= 0.6 is 0 Å². The Kier molecular flexibility index (Phi) is 4.32. The number of para-hydroxylation sites is 3. The van der Waals surface area contributed by atoms with Gasteiger partial charge in [0.05, 0.1) is 11.7 Å². The third-order valence-corrected chi connectivity index (χ3v) is 5.00. The molecule has 2 aromatic rings. The van der Waals surface area contributed by atoms with Crippen LogP contribution in [0, 0.1) is 0 Å². The summed E-state index contributed by atoms with van der Waals surface area (Å²) in [4.78, 5) is 15.6. The van der Waals surface area contributed by atoms with Crippen LogP contribution < -0.4 is 9.64 Å². The Morgan fingerprint density at radius 1 is 1.08 bits per heavy atom. The van der Waals surface area contributed by atoms with Crippen LogP contribution in [0.25, 0.3) is 0 Å². The summed E-state index contributed by atoms with van der Waals surface area (Å²) in [5.74, 6) is 1.09. The first kappa shape index (κ1) is 16.0. The molecule has 1 atom stereocenters. The predicted octanol–water partition coefficient (Wildman–Crippen LogP) is 3.52. The van der Waals surface area contributed by atoms with Crippen molar-refractivity contribution in [2.45, 2.75) is 18.9 Å². The molecular weight excluding hydrogens is 316 g/mol. The molecule has 5 nitrogen and oxygen atoms in total.